The molecule has 1 aliphatic heterocycles. The van der Waals surface area contributed by atoms with E-state index in [1.54, 1.807) is 31.3 Å². The van der Waals surface area contributed by atoms with Crippen LogP contribution in [0.1, 0.15) is 34.5 Å². The molecule has 1 saturated heterocycles. The number of rotatable bonds is 7. The maximum absolute atomic E-state index is 13.3. The number of amides is 1. The minimum Gasteiger partial charge on any atom is -0.502 e. The van der Waals surface area contributed by atoms with E-state index in [1.165, 1.54) is 4.57 Å². The molecule has 8 heteroatoms. The molecule has 1 unspecified atom stereocenters. The molecule has 1 fully saturated rings. The highest BCUT2D eigenvalue weighted by Gasteiger charge is 2.23. The number of aryl methyl sites for hydroxylation is 1. The first kappa shape index (κ1) is 25.5. The predicted octanol–water partition coefficient (Wildman–Crippen LogP) is 3.99. The standard InChI is InChI=1S/C30H32N4O4/c1-21(31-29(36)27-25-13-6-7-14-26(25)32(2)30(37)28(27)35)23-11-8-12-24(19-23)33-15-17-34(18-16-33)38-20-22-9-4-3-5-10-22/h3-14,19,21,35H,15-18,20H2,1-2H3,(H,31,36). The van der Waals surface area contributed by atoms with Crippen LogP contribution in [0.15, 0.2) is 83.7 Å². The lowest BCUT2D eigenvalue weighted by molar-refractivity contribution is -0.171. The van der Waals surface area contributed by atoms with Gasteiger partial charge in [-0.15, -0.1) is 0 Å². The molecule has 1 aliphatic rings. The van der Waals surface area contributed by atoms with Crippen LogP contribution in [-0.4, -0.2) is 46.8 Å². The Hall–Kier alpha value is -4.14. The SMILES string of the molecule is CC(NC(=O)c1c(O)c(=O)n(C)c2ccccc12)c1cccc(N2CCN(OCc3ccccc3)CC2)c1. The van der Waals surface area contributed by atoms with Crippen molar-refractivity contribution in [2.75, 3.05) is 31.1 Å². The largest absolute Gasteiger partial charge is 0.502 e. The van der Waals surface area contributed by atoms with Crippen molar-refractivity contribution < 1.29 is 14.7 Å². The average Bonchev–Trinajstić information content (AvgIpc) is 2.96. The number of aromatic nitrogens is 1. The Morgan fingerprint density at radius 3 is 2.45 bits per heavy atom. The normalized spacial score (nSPS) is 14.9. The van der Waals surface area contributed by atoms with Crippen molar-refractivity contribution in [1.82, 2.24) is 14.9 Å². The lowest BCUT2D eigenvalue weighted by atomic mass is 10.0. The first-order valence-electron chi connectivity index (χ1n) is 12.8. The summed E-state index contributed by atoms with van der Waals surface area (Å²) in [6, 6.07) is 25.0. The van der Waals surface area contributed by atoms with Crippen LogP contribution >= 0.6 is 0 Å². The van der Waals surface area contributed by atoms with Gasteiger partial charge in [-0.05, 0) is 36.2 Å². The third kappa shape index (κ3) is 5.27. The van der Waals surface area contributed by atoms with Gasteiger partial charge in [-0.3, -0.25) is 14.4 Å². The third-order valence-corrected chi connectivity index (χ3v) is 7.08. The summed E-state index contributed by atoms with van der Waals surface area (Å²) in [5.41, 5.74) is 3.14. The molecular weight excluding hydrogens is 480 g/mol. The van der Waals surface area contributed by atoms with Crippen molar-refractivity contribution in [3.63, 3.8) is 0 Å². The number of hydroxylamine groups is 2. The smallest absolute Gasteiger partial charge is 0.293 e. The van der Waals surface area contributed by atoms with Crippen LogP contribution in [0, 0.1) is 0 Å². The number of hydrogen-bond donors (Lipinski definition) is 2. The number of nitrogens with one attached hydrogen (secondary N) is 1. The first-order chi connectivity index (χ1) is 18.4. The van der Waals surface area contributed by atoms with Crippen molar-refractivity contribution in [1.29, 1.82) is 0 Å². The van der Waals surface area contributed by atoms with E-state index in [4.69, 9.17) is 4.84 Å². The van der Waals surface area contributed by atoms with Gasteiger partial charge in [0.15, 0.2) is 5.75 Å². The van der Waals surface area contributed by atoms with Gasteiger partial charge in [0, 0.05) is 44.3 Å². The molecule has 0 aliphatic carbocycles. The highest BCUT2D eigenvalue weighted by atomic mass is 16.7. The number of fused-ring (bicyclic) bond motifs is 1. The van der Waals surface area contributed by atoms with E-state index in [0.29, 0.717) is 17.5 Å². The fourth-order valence-electron chi connectivity index (χ4n) is 4.87. The second-order valence-electron chi connectivity index (χ2n) is 9.57. The number of aromatic hydroxyl groups is 1. The summed E-state index contributed by atoms with van der Waals surface area (Å²) in [4.78, 5) is 34.1. The number of para-hydroxylation sites is 1. The van der Waals surface area contributed by atoms with Crippen LogP contribution in [0.5, 0.6) is 5.75 Å². The molecule has 0 saturated carbocycles. The van der Waals surface area contributed by atoms with Crippen LogP contribution in [-0.2, 0) is 18.5 Å². The summed E-state index contributed by atoms with van der Waals surface area (Å²) in [5.74, 6) is -1.03. The van der Waals surface area contributed by atoms with Crippen molar-refractivity contribution >= 4 is 22.5 Å². The highest BCUT2D eigenvalue weighted by molar-refractivity contribution is 6.08. The minimum atomic E-state index is -0.601. The molecule has 2 heterocycles. The zero-order valence-corrected chi connectivity index (χ0v) is 21.6. The number of benzene rings is 3. The van der Waals surface area contributed by atoms with Gasteiger partial charge < -0.3 is 19.9 Å². The summed E-state index contributed by atoms with van der Waals surface area (Å²) in [6.45, 7) is 5.69. The number of piperazine rings is 1. The molecule has 5 rings (SSSR count). The van der Waals surface area contributed by atoms with Crippen LogP contribution in [0.3, 0.4) is 0 Å². The number of pyridine rings is 1. The van der Waals surface area contributed by atoms with Gasteiger partial charge in [-0.2, -0.15) is 5.06 Å². The maximum Gasteiger partial charge on any atom is 0.293 e. The van der Waals surface area contributed by atoms with Gasteiger partial charge >= 0.3 is 0 Å². The van der Waals surface area contributed by atoms with Crippen LogP contribution in [0.25, 0.3) is 10.9 Å². The summed E-state index contributed by atoms with van der Waals surface area (Å²) in [6.07, 6.45) is 0. The quantitative estimate of drug-likeness (QED) is 0.390. The van der Waals surface area contributed by atoms with Crippen molar-refractivity contribution in [2.24, 2.45) is 7.05 Å². The zero-order chi connectivity index (χ0) is 26.6. The predicted molar refractivity (Wildman–Crippen MR) is 148 cm³/mol. The van der Waals surface area contributed by atoms with Crippen molar-refractivity contribution in [2.45, 2.75) is 19.6 Å². The maximum atomic E-state index is 13.3. The number of carbonyl (C=O) groups is 1. The Balaban J connectivity index is 1.25. The van der Waals surface area contributed by atoms with E-state index in [1.807, 2.05) is 42.3 Å². The molecule has 1 aromatic heterocycles. The van der Waals surface area contributed by atoms with E-state index < -0.39 is 17.2 Å². The summed E-state index contributed by atoms with van der Waals surface area (Å²) >= 11 is 0. The summed E-state index contributed by atoms with van der Waals surface area (Å²) in [7, 11) is 1.58. The van der Waals surface area contributed by atoms with E-state index in [-0.39, 0.29) is 11.6 Å². The molecular formula is C30H32N4O4. The average molecular weight is 513 g/mol. The van der Waals surface area contributed by atoms with Crippen LogP contribution < -0.4 is 15.8 Å². The van der Waals surface area contributed by atoms with E-state index >= 15 is 0 Å². The first-order valence-corrected chi connectivity index (χ1v) is 12.8. The molecule has 0 spiro atoms. The Morgan fingerprint density at radius 1 is 0.974 bits per heavy atom. The van der Waals surface area contributed by atoms with Crippen LogP contribution in [0.2, 0.25) is 0 Å². The summed E-state index contributed by atoms with van der Waals surface area (Å²) < 4.78 is 1.35. The topological polar surface area (TPSA) is 87.0 Å². The second kappa shape index (κ2) is 11.1. The number of carbonyl (C=O) groups excluding carboxylic acids is 1. The number of anilines is 1. The van der Waals surface area contributed by atoms with Gasteiger partial charge in [0.2, 0.25) is 0 Å². The Bertz CT molecular complexity index is 1490. The molecule has 1 atom stereocenters. The number of hydrogen-bond acceptors (Lipinski definition) is 6. The van der Waals surface area contributed by atoms with Crippen LogP contribution in [0.4, 0.5) is 5.69 Å². The number of nitrogens with zero attached hydrogens (tertiary/aromatic N) is 3. The Kier molecular flexibility index (Phi) is 7.44. The van der Waals surface area contributed by atoms with Crippen molar-refractivity contribution in [3.05, 3.63) is 106 Å². The third-order valence-electron chi connectivity index (χ3n) is 7.08. The molecule has 1 amide bonds. The fraction of sp³-hybridized carbons (Fsp3) is 0.267. The molecule has 38 heavy (non-hydrogen) atoms. The summed E-state index contributed by atoms with van der Waals surface area (Å²) in [5, 5.41) is 16.1. The van der Waals surface area contributed by atoms with Crippen molar-refractivity contribution in [3.8, 4) is 5.75 Å². The van der Waals surface area contributed by atoms with Gasteiger partial charge in [-0.1, -0.05) is 60.7 Å². The van der Waals surface area contributed by atoms with Gasteiger partial charge in [0.05, 0.1) is 23.7 Å². The van der Waals surface area contributed by atoms with E-state index in [2.05, 4.69) is 34.5 Å². The van der Waals surface area contributed by atoms with Gasteiger partial charge in [0.25, 0.3) is 11.5 Å². The molecule has 0 radical (unpaired) electrons. The molecule has 0 bridgehead atoms. The Labute approximate surface area is 221 Å². The van der Waals surface area contributed by atoms with Gasteiger partial charge in [-0.25, -0.2) is 0 Å². The molecule has 196 valence electrons. The minimum absolute atomic E-state index is 0.00155. The monoisotopic (exact) mass is 512 g/mol. The molecule has 3 aromatic carbocycles. The van der Waals surface area contributed by atoms with Gasteiger partial charge in [0.1, 0.15) is 0 Å². The lowest BCUT2D eigenvalue weighted by Gasteiger charge is -2.35. The molecule has 8 nitrogen and oxygen atoms in total. The molecule has 2 N–H and O–H groups in total. The van der Waals surface area contributed by atoms with E-state index in [0.717, 1.165) is 43.0 Å². The highest BCUT2D eigenvalue weighted by Crippen LogP contribution is 2.26. The molecule has 4 aromatic rings. The second-order valence-corrected chi connectivity index (χ2v) is 9.57. The zero-order valence-electron chi connectivity index (χ0n) is 21.6. The lowest BCUT2D eigenvalue weighted by Crippen LogP contribution is -2.46. The Morgan fingerprint density at radius 2 is 1.68 bits per heavy atom. The fourth-order valence-corrected chi connectivity index (χ4v) is 4.87. The van der Waals surface area contributed by atoms with E-state index in [9.17, 15) is 14.7 Å².